The van der Waals surface area contributed by atoms with Gasteiger partial charge in [-0.25, -0.2) is 0 Å². The molecule has 5 rings (SSSR count). The van der Waals surface area contributed by atoms with Crippen molar-refractivity contribution in [2.24, 2.45) is 28.6 Å². The number of hydrogen-bond acceptors (Lipinski definition) is 3. The number of carbonyl (C=O) groups is 1. The predicted molar refractivity (Wildman–Crippen MR) is 95.8 cm³/mol. The molecule has 3 saturated carbocycles. The zero-order valence-corrected chi connectivity index (χ0v) is 15.7. The van der Waals surface area contributed by atoms with Crippen LogP contribution >= 0.6 is 0 Å². The van der Waals surface area contributed by atoms with Crippen molar-refractivity contribution >= 4 is 5.97 Å². The van der Waals surface area contributed by atoms with Crippen molar-refractivity contribution in [1.29, 1.82) is 0 Å². The smallest absolute Gasteiger partial charge is 0.306 e. The van der Waals surface area contributed by atoms with Crippen LogP contribution in [0.3, 0.4) is 0 Å². The third-order valence-electron chi connectivity index (χ3n) is 9.41. The Morgan fingerprint density at radius 2 is 1.88 bits per heavy atom. The number of ether oxygens (including phenoxy) is 1. The Morgan fingerprint density at radius 1 is 1.08 bits per heavy atom. The summed E-state index contributed by atoms with van der Waals surface area (Å²) < 4.78 is 6.02. The molecule has 1 spiro atoms. The monoisotopic (exact) mass is 344 g/mol. The lowest BCUT2D eigenvalue weighted by Crippen LogP contribution is -2.54. The molecule has 1 heterocycles. The Hall–Kier alpha value is -0.830. The van der Waals surface area contributed by atoms with Gasteiger partial charge in [-0.2, -0.15) is 0 Å². The average molecular weight is 344 g/mol. The SMILES string of the molecule is C[C@]12CC[C@H](O)CC1=CC[C@@H]1[C@@H]2CC[C@@]2(C)[C@H]1CC[C@]21CCC(=O)O1. The van der Waals surface area contributed by atoms with E-state index in [4.69, 9.17) is 4.74 Å². The summed E-state index contributed by atoms with van der Waals surface area (Å²) in [6.45, 7) is 4.91. The first-order chi connectivity index (χ1) is 11.9. The molecule has 138 valence electrons. The van der Waals surface area contributed by atoms with Gasteiger partial charge < -0.3 is 9.84 Å². The van der Waals surface area contributed by atoms with E-state index >= 15 is 0 Å². The van der Waals surface area contributed by atoms with Crippen LogP contribution in [0.4, 0.5) is 0 Å². The Kier molecular flexibility index (Phi) is 3.35. The molecule has 0 aromatic heterocycles. The van der Waals surface area contributed by atoms with Crippen LogP contribution in [-0.4, -0.2) is 22.8 Å². The molecule has 0 aromatic rings. The number of allylic oxidation sites excluding steroid dienone is 1. The second-order valence-corrected chi connectivity index (χ2v) is 10.1. The van der Waals surface area contributed by atoms with Gasteiger partial charge in [-0.3, -0.25) is 4.79 Å². The number of fused-ring (bicyclic) bond motifs is 6. The number of aliphatic hydroxyl groups is 1. The van der Waals surface area contributed by atoms with Gasteiger partial charge in [0, 0.05) is 11.8 Å². The van der Waals surface area contributed by atoms with Gasteiger partial charge in [0.25, 0.3) is 0 Å². The van der Waals surface area contributed by atoms with E-state index in [1.165, 1.54) is 31.3 Å². The predicted octanol–water partition coefficient (Wildman–Crippen LogP) is 4.39. The van der Waals surface area contributed by atoms with Crippen LogP contribution in [0.1, 0.15) is 78.1 Å². The van der Waals surface area contributed by atoms with Crippen molar-refractivity contribution in [3.05, 3.63) is 11.6 Å². The Bertz CT molecular complexity index is 639. The molecule has 5 aliphatic rings. The lowest BCUT2D eigenvalue weighted by atomic mass is 9.47. The van der Waals surface area contributed by atoms with E-state index in [-0.39, 0.29) is 23.1 Å². The van der Waals surface area contributed by atoms with Crippen molar-refractivity contribution in [2.75, 3.05) is 0 Å². The minimum atomic E-state index is -0.159. The number of esters is 1. The van der Waals surface area contributed by atoms with E-state index in [0.29, 0.717) is 17.8 Å². The van der Waals surface area contributed by atoms with Crippen LogP contribution in [0.2, 0.25) is 0 Å². The minimum absolute atomic E-state index is 0.0306. The van der Waals surface area contributed by atoms with E-state index < -0.39 is 0 Å². The molecule has 4 fully saturated rings. The third kappa shape index (κ3) is 1.99. The summed E-state index contributed by atoms with van der Waals surface area (Å²) in [6.07, 6.45) is 12.9. The Balaban J connectivity index is 1.49. The van der Waals surface area contributed by atoms with Gasteiger partial charge in [0.2, 0.25) is 0 Å². The zero-order chi connectivity index (χ0) is 17.4. The van der Waals surface area contributed by atoms with Crippen LogP contribution in [0, 0.1) is 28.6 Å². The van der Waals surface area contributed by atoms with Gasteiger partial charge in [0.05, 0.1) is 6.10 Å². The molecule has 0 aromatic carbocycles. The highest BCUT2D eigenvalue weighted by molar-refractivity contribution is 5.72. The summed E-state index contributed by atoms with van der Waals surface area (Å²) in [5.41, 5.74) is 1.85. The zero-order valence-electron chi connectivity index (χ0n) is 15.7. The van der Waals surface area contributed by atoms with Crippen molar-refractivity contribution in [3.63, 3.8) is 0 Å². The molecule has 25 heavy (non-hydrogen) atoms. The van der Waals surface area contributed by atoms with E-state index in [2.05, 4.69) is 19.9 Å². The van der Waals surface area contributed by atoms with Gasteiger partial charge in [-0.15, -0.1) is 0 Å². The van der Waals surface area contributed by atoms with Crippen LogP contribution < -0.4 is 0 Å². The van der Waals surface area contributed by atoms with Gasteiger partial charge in [0.15, 0.2) is 0 Å². The quantitative estimate of drug-likeness (QED) is 0.524. The van der Waals surface area contributed by atoms with Crippen LogP contribution in [0.5, 0.6) is 0 Å². The molecular formula is C22H32O3. The van der Waals surface area contributed by atoms with Crippen molar-refractivity contribution < 1.29 is 14.6 Å². The lowest BCUT2D eigenvalue weighted by Gasteiger charge is -2.59. The van der Waals surface area contributed by atoms with E-state index in [1.807, 2.05) is 0 Å². The Morgan fingerprint density at radius 3 is 2.64 bits per heavy atom. The number of rotatable bonds is 0. The molecule has 0 bridgehead atoms. The van der Waals surface area contributed by atoms with Gasteiger partial charge >= 0.3 is 5.97 Å². The summed E-state index contributed by atoms with van der Waals surface area (Å²) in [5.74, 6) is 2.22. The van der Waals surface area contributed by atoms with Gasteiger partial charge in [-0.05, 0) is 81.0 Å². The highest BCUT2D eigenvalue weighted by atomic mass is 16.6. The molecule has 1 saturated heterocycles. The van der Waals surface area contributed by atoms with Gasteiger partial charge in [0.1, 0.15) is 5.60 Å². The van der Waals surface area contributed by atoms with Gasteiger partial charge in [-0.1, -0.05) is 25.5 Å². The topological polar surface area (TPSA) is 46.5 Å². The van der Waals surface area contributed by atoms with Crippen LogP contribution in [-0.2, 0) is 9.53 Å². The first-order valence-electron chi connectivity index (χ1n) is 10.5. The fourth-order valence-corrected chi connectivity index (χ4v) is 7.94. The second kappa shape index (κ2) is 5.12. The molecule has 3 heteroatoms. The van der Waals surface area contributed by atoms with Crippen LogP contribution in [0.15, 0.2) is 11.6 Å². The lowest BCUT2D eigenvalue weighted by molar-refractivity contribution is -0.167. The minimum Gasteiger partial charge on any atom is -0.458 e. The summed E-state index contributed by atoms with van der Waals surface area (Å²) >= 11 is 0. The second-order valence-electron chi connectivity index (χ2n) is 10.1. The fraction of sp³-hybridized carbons (Fsp3) is 0.864. The van der Waals surface area contributed by atoms with Crippen molar-refractivity contribution in [3.8, 4) is 0 Å². The van der Waals surface area contributed by atoms with Crippen LogP contribution in [0.25, 0.3) is 0 Å². The highest BCUT2D eigenvalue weighted by Crippen LogP contribution is 2.69. The number of aliphatic hydroxyl groups excluding tert-OH is 1. The standard InChI is InChI=1S/C22H32O3/c1-20-9-5-15(23)13-14(20)3-4-16-17(20)6-10-21(2)18(16)7-11-22(21)12-8-19(24)25-22/h3,15-18,23H,4-13H2,1-2H3/t15-,16+,17-,18-,20-,21-,22-/m0/s1. The highest BCUT2D eigenvalue weighted by Gasteiger charge is 2.66. The fourth-order valence-electron chi connectivity index (χ4n) is 7.94. The maximum Gasteiger partial charge on any atom is 0.306 e. The normalized spacial score (nSPS) is 54.5. The average Bonchev–Trinajstić information content (AvgIpc) is 3.10. The maximum absolute atomic E-state index is 11.9. The molecule has 7 atom stereocenters. The van der Waals surface area contributed by atoms with E-state index in [1.54, 1.807) is 0 Å². The molecule has 0 amide bonds. The summed E-state index contributed by atoms with van der Waals surface area (Å²) in [4.78, 5) is 11.9. The molecule has 3 nitrogen and oxygen atoms in total. The number of hydrogen-bond donors (Lipinski definition) is 1. The third-order valence-corrected chi connectivity index (χ3v) is 9.41. The van der Waals surface area contributed by atoms with Crippen molar-refractivity contribution in [2.45, 2.75) is 89.8 Å². The molecule has 1 aliphatic heterocycles. The first-order valence-corrected chi connectivity index (χ1v) is 10.5. The first kappa shape index (κ1) is 16.4. The molecule has 1 N–H and O–H groups in total. The summed E-state index contributed by atoms with van der Waals surface area (Å²) in [5, 5.41) is 10.1. The van der Waals surface area contributed by atoms with E-state index in [9.17, 15) is 9.90 Å². The largest absolute Gasteiger partial charge is 0.458 e. The molecule has 0 radical (unpaired) electrons. The summed E-state index contributed by atoms with van der Waals surface area (Å²) in [7, 11) is 0. The van der Waals surface area contributed by atoms with E-state index in [0.717, 1.165) is 43.9 Å². The molecule has 0 unspecified atom stereocenters. The molecule has 4 aliphatic carbocycles. The number of carbonyl (C=O) groups excluding carboxylic acids is 1. The molecular weight excluding hydrogens is 312 g/mol. The Labute approximate surface area is 151 Å². The maximum atomic E-state index is 11.9. The van der Waals surface area contributed by atoms with Crippen molar-refractivity contribution in [1.82, 2.24) is 0 Å². The summed E-state index contributed by atoms with van der Waals surface area (Å²) in [6, 6.07) is 0.